The van der Waals surface area contributed by atoms with Crippen LogP contribution in [0, 0.1) is 5.92 Å². The van der Waals surface area contributed by atoms with E-state index in [1.54, 1.807) is 0 Å². The Morgan fingerprint density at radius 3 is 3.05 bits per heavy atom. The van der Waals surface area contributed by atoms with Gasteiger partial charge >= 0.3 is 12.0 Å². The largest absolute Gasteiger partial charge is 0.480 e. The Hall–Kier alpha value is -2.12. The van der Waals surface area contributed by atoms with Crippen molar-refractivity contribution in [3.63, 3.8) is 0 Å². The number of hydrogen-bond donors (Lipinski definition) is 2. The van der Waals surface area contributed by atoms with Crippen molar-refractivity contribution < 1.29 is 14.7 Å². The smallest absolute Gasteiger partial charge is 0.325 e. The Bertz CT molecular complexity index is 502. The minimum Gasteiger partial charge on any atom is -0.480 e. The van der Waals surface area contributed by atoms with Gasteiger partial charge in [0.2, 0.25) is 0 Å². The van der Waals surface area contributed by atoms with E-state index in [0.717, 1.165) is 32.4 Å². The van der Waals surface area contributed by atoms with Crippen molar-refractivity contribution in [1.29, 1.82) is 0 Å². The lowest BCUT2D eigenvalue weighted by atomic mass is 10.0. The first kappa shape index (κ1) is 15.3. The van der Waals surface area contributed by atoms with E-state index >= 15 is 0 Å². The molecule has 0 aliphatic carbocycles. The van der Waals surface area contributed by atoms with Crippen LogP contribution >= 0.6 is 0 Å². The molecule has 1 saturated heterocycles. The number of urea groups is 1. The van der Waals surface area contributed by atoms with Gasteiger partial charge in [-0.15, -0.1) is 5.10 Å². The molecule has 0 aromatic carbocycles. The Labute approximate surface area is 123 Å². The number of amides is 2. The van der Waals surface area contributed by atoms with Crippen LogP contribution in [0.25, 0.3) is 0 Å². The zero-order valence-corrected chi connectivity index (χ0v) is 12.2. The lowest BCUT2D eigenvalue weighted by molar-refractivity contribution is -0.137. The molecule has 1 fully saturated rings. The first-order chi connectivity index (χ1) is 10.1. The van der Waals surface area contributed by atoms with E-state index in [1.807, 2.05) is 4.90 Å². The normalized spacial score (nSPS) is 18.0. The highest BCUT2D eigenvalue weighted by atomic mass is 16.4. The zero-order valence-electron chi connectivity index (χ0n) is 12.2. The number of aromatic nitrogens is 3. The van der Waals surface area contributed by atoms with E-state index in [0.29, 0.717) is 11.6 Å². The van der Waals surface area contributed by atoms with Crippen LogP contribution in [0.3, 0.4) is 0 Å². The maximum Gasteiger partial charge on any atom is 0.325 e. The predicted octanol–water partition coefficient (Wildman–Crippen LogP) is 0.694. The molecule has 1 aliphatic heterocycles. The third-order valence-electron chi connectivity index (χ3n) is 3.57. The van der Waals surface area contributed by atoms with Crippen molar-refractivity contribution in [2.45, 2.75) is 39.3 Å². The van der Waals surface area contributed by atoms with Gasteiger partial charge in [-0.05, 0) is 18.8 Å². The molecule has 8 nitrogen and oxygen atoms in total. The van der Waals surface area contributed by atoms with E-state index in [-0.39, 0.29) is 19.1 Å². The van der Waals surface area contributed by atoms with Gasteiger partial charge < -0.3 is 15.3 Å². The Morgan fingerprint density at radius 2 is 2.33 bits per heavy atom. The standard InChI is InChI=1S/C13H21N5O3/c1-2-3-10-4-5-17(7-10)13(21)14-6-11-8-18(16-15-11)9-12(19)20/h8,10H,2-7,9H2,1H3,(H,14,21)(H,19,20). The fraction of sp³-hybridized carbons (Fsp3) is 0.692. The van der Waals surface area contributed by atoms with Crippen LogP contribution in [-0.4, -0.2) is 50.1 Å². The average molecular weight is 295 g/mol. The summed E-state index contributed by atoms with van der Waals surface area (Å²) in [5, 5.41) is 19.0. The number of carbonyl (C=O) groups excluding carboxylic acids is 1. The van der Waals surface area contributed by atoms with Gasteiger partial charge in [-0.1, -0.05) is 18.6 Å². The molecular formula is C13H21N5O3. The van der Waals surface area contributed by atoms with Gasteiger partial charge in [0.25, 0.3) is 0 Å². The van der Waals surface area contributed by atoms with Gasteiger partial charge in [-0.2, -0.15) is 0 Å². The summed E-state index contributed by atoms with van der Waals surface area (Å²) >= 11 is 0. The van der Waals surface area contributed by atoms with Crippen LogP contribution in [0.2, 0.25) is 0 Å². The molecule has 2 N–H and O–H groups in total. The minimum atomic E-state index is -0.977. The molecule has 2 heterocycles. The number of carboxylic acid groups (broad SMARTS) is 1. The molecule has 8 heteroatoms. The molecule has 0 saturated carbocycles. The van der Waals surface area contributed by atoms with E-state index < -0.39 is 5.97 Å². The van der Waals surface area contributed by atoms with Crippen LogP contribution in [-0.2, 0) is 17.9 Å². The van der Waals surface area contributed by atoms with Gasteiger partial charge in [-0.25, -0.2) is 9.48 Å². The van der Waals surface area contributed by atoms with Gasteiger partial charge in [-0.3, -0.25) is 4.79 Å². The molecule has 0 spiro atoms. The summed E-state index contributed by atoms with van der Waals surface area (Å²) in [6, 6.07) is -0.0959. The van der Waals surface area contributed by atoms with Gasteiger partial charge in [0.1, 0.15) is 12.2 Å². The molecule has 1 atom stereocenters. The molecule has 2 amide bonds. The number of carboxylic acids is 1. The molecule has 1 aliphatic rings. The highest BCUT2D eigenvalue weighted by molar-refractivity contribution is 5.74. The quantitative estimate of drug-likeness (QED) is 0.804. The zero-order chi connectivity index (χ0) is 15.2. The molecular weight excluding hydrogens is 274 g/mol. The van der Waals surface area contributed by atoms with Crippen molar-refractivity contribution in [2.75, 3.05) is 13.1 Å². The Balaban J connectivity index is 1.76. The molecule has 116 valence electrons. The predicted molar refractivity (Wildman–Crippen MR) is 74.5 cm³/mol. The third kappa shape index (κ3) is 4.44. The lowest BCUT2D eigenvalue weighted by Gasteiger charge is -2.16. The van der Waals surface area contributed by atoms with E-state index in [4.69, 9.17) is 5.11 Å². The fourth-order valence-corrected chi connectivity index (χ4v) is 2.57. The summed E-state index contributed by atoms with van der Waals surface area (Å²) in [5.74, 6) is -0.369. The van der Waals surface area contributed by atoms with E-state index in [9.17, 15) is 9.59 Å². The van der Waals surface area contributed by atoms with Gasteiger partial charge in [0.15, 0.2) is 0 Å². The number of aliphatic carboxylic acids is 1. The van der Waals surface area contributed by atoms with Crippen molar-refractivity contribution in [2.24, 2.45) is 5.92 Å². The monoisotopic (exact) mass is 295 g/mol. The maximum atomic E-state index is 12.0. The van der Waals surface area contributed by atoms with Crippen molar-refractivity contribution >= 4 is 12.0 Å². The third-order valence-corrected chi connectivity index (χ3v) is 3.57. The summed E-state index contributed by atoms with van der Waals surface area (Å²) in [4.78, 5) is 24.4. The summed E-state index contributed by atoms with van der Waals surface area (Å²) in [6.45, 7) is 3.79. The summed E-state index contributed by atoms with van der Waals surface area (Å²) in [7, 11) is 0. The maximum absolute atomic E-state index is 12.0. The first-order valence-corrected chi connectivity index (χ1v) is 7.22. The molecule has 2 rings (SSSR count). The number of nitrogens with one attached hydrogen (secondary N) is 1. The summed E-state index contributed by atoms with van der Waals surface area (Å²) < 4.78 is 1.23. The van der Waals surface area contributed by atoms with Crippen LogP contribution in [0.15, 0.2) is 6.20 Å². The number of carbonyl (C=O) groups is 2. The first-order valence-electron chi connectivity index (χ1n) is 7.22. The summed E-state index contributed by atoms with van der Waals surface area (Å²) in [6.07, 6.45) is 4.90. The van der Waals surface area contributed by atoms with Crippen LogP contribution in [0.1, 0.15) is 31.9 Å². The average Bonchev–Trinajstić information content (AvgIpc) is 3.05. The molecule has 1 unspecified atom stereocenters. The van der Waals surface area contributed by atoms with E-state index in [1.165, 1.54) is 10.9 Å². The Morgan fingerprint density at radius 1 is 1.52 bits per heavy atom. The number of rotatable bonds is 6. The van der Waals surface area contributed by atoms with Crippen molar-refractivity contribution in [3.8, 4) is 0 Å². The van der Waals surface area contributed by atoms with Crippen LogP contribution in [0.5, 0.6) is 0 Å². The number of likely N-dealkylation sites (tertiary alicyclic amines) is 1. The van der Waals surface area contributed by atoms with Gasteiger partial charge in [0, 0.05) is 13.1 Å². The second-order valence-electron chi connectivity index (χ2n) is 5.35. The molecule has 0 radical (unpaired) electrons. The SMILES string of the molecule is CCCC1CCN(C(=O)NCc2cn(CC(=O)O)nn2)C1. The topological polar surface area (TPSA) is 100 Å². The van der Waals surface area contributed by atoms with Crippen molar-refractivity contribution in [3.05, 3.63) is 11.9 Å². The molecule has 1 aromatic heterocycles. The number of nitrogens with zero attached hydrogens (tertiary/aromatic N) is 4. The number of hydrogen-bond acceptors (Lipinski definition) is 4. The van der Waals surface area contributed by atoms with E-state index in [2.05, 4.69) is 22.6 Å². The highest BCUT2D eigenvalue weighted by Crippen LogP contribution is 2.20. The van der Waals surface area contributed by atoms with Gasteiger partial charge in [0.05, 0.1) is 12.7 Å². The fourth-order valence-electron chi connectivity index (χ4n) is 2.57. The van der Waals surface area contributed by atoms with Crippen LogP contribution < -0.4 is 5.32 Å². The lowest BCUT2D eigenvalue weighted by Crippen LogP contribution is -2.38. The second-order valence-corrected chi connectivity index (χ2v) is 5.35. The molecule has 1 aromatic rings. The van der Waals surface area contributed by atoms with Crippen molar-refractivity contribution in [1.82, 2.24) is 25.2 Å². The molecule has 21 heavy (non-hydrogen) atoms. The second kappa shape index (κ2) is 7.05. The van der Waals surface area contributed by atoms with Crippen LogP contribution in [0.4, 0.5) is 4.79 Å². The highest BCUT2D eigenvalue weighted by Gasteiger charge is 2.25. The minimum absolute atomic E-state index is 0.0959. The Kier molecular flexibility index (Phi) is 5.13. The molecule has 0 bridgehead atoms. The summed E-state index contributed by atoms with van der Waals surface area (Å²) in [5.41, 5.74) is 0.550.